The normalized spacial score (nSPS) is 30.1. The first kappa shape index (κ1) is 13.5. The van der Waals surface area contributed by atoms with E-state index in [4.69, 9.17) is 0 Å². The van der Waals surface area contributed by atoms with Gasteiger partial charge in [-0.15, -0.1) is 23.1 Å². The molecule has 0 aromatic carbocycles. The van der Waals surface area contributed by atoms with Gasteiger partial charge in [0, 0.05) is 17.3 Å². The number of hydrogen-bond acceptors (Lipinski definition) is 4. The van der Waals surface area contributed by atoms with E-state index >= 15 is 0 Å². The summed E-state index contributed by atoms with van der Waals surface area (Å²) in [5.74, 6) is 1.39. The third kappa shape index (κ3) is 2.83. The summed E-state index contributed by atoms with van der Waals surface area (Å²) in [5, 5.41) is 14.9. The number of rotatable bonds is 3. The number of carbonyl (C=O) groups excluding carboxylic acids is 1. The van der Waals surface area contributed by atoms with E-state index < -0.39 is 0 Å². The molecular weight excluding hydrogens is 278 g/mol. The first-order valence-electron chi connectivity index (χ1n) is 6.89. The van der Waals surface area contributed by atoms with Crippen molar-refractivity contribution in [3.05, 3.63) is 21.9 Å². The summed E-state index contributed by atoms with van der Waals surface area (Å²) in [5.41, 5.74) is 1.20. The van der Waals surface area contributed by atoms with Crippen molar-refractivity contribution in [2.24, 2.45) is 5.92 Å². The highest BCUT2D eigenvalue weighted by Crippen LogP contribution is 2.39. The predicted molar refractivity (Wildman–Crippen MR) is 79.6 cm³/mol. The van der Waals surface area contributed by atoms with Crippen LogP contribution in [0.3, 0.4) is 0 Å². The van der Waals surface area contributed by atoms with Gasteiger partial charge in [-0.25, -0.2) is 0 Å². The van der Waals surface area contributed by atoms with Gasteiger partial charge in [0.2, 0.25) is 5.91 Å². The van der Waals surface area contributed by atoms with Crippen molar-refractivity contribution >= 4 is 29.0 Å². The summed E-state index contributed by atoms with van der Waals surface area (Å²) in [6.45, 7) is 0.622. The van der Waals surface area contributed by atoms with Gasteiger partial charge in [-0.2, -0.15) is 0 Å². The number of carbonyl (C=O) groups is 1. The van der Waals surface area contributed by atoms with Crippen molar-refractivity contribution in [2.45, 2.75) is 37.0 Å². The molecule has 1 saturated carbocycles. The highest BCUT2D eigenvalue weighted by molar-refractivity contribution is 8.00. The lowest BCUT2D eigenvalue weighted by atomic mass is 10.1. The summed E-state index contributed by atoms with van der Waals surface area (Å²) in [7, 11) is 0. The van der Waals surface area contributed by atoms with Crippen LogP contribution in [0.4, 0.5) is 0 Å². The Labute approximate surface area is 121 Å². The largest absolute Gasteiger partial charge is 0.393 e. The molecule has 2 aliphatic rings. The lowest BCUT2D eigenvalue weighted by molar-refractivity contribution is -0.121. The molecule has 0 radical (unpaired) electrons. The molecule has 0 saturated heterocycles. The van der Waals surface area contributed by atoms with Crippen LogP contribution in [0.5, 0.6) is 0 Å². The van der Waals surface area contributed by atoms with E-state index in [1.54, 1.807) is 23.1 Å². The average Bonchev–Trinajstić information content (AvgIpc) is 3.04. The van der Waals surface area contributed by atoms with Crippen molar-refractivity contribution < 1.29 is 9.90 Å². The zero-order chi connectivity index (χ0) is 13.2. The molecule has 1 aromatic heterocycles. The van der Waals surface area contributed by atoms with Gasteiger partial charge in [0.1, 0.15) is 5.25 Å². The first-order valence-corrected chi connectivity index (χ1v) is 8.82. The number of hydrogen-bond donors (Lipinski definition) is 2. The van der Waals surface area contributed by atoms with Crippen LogP contribution in [0.2, 0.25) is 0 Å². The molecule has 3 unspecified atom stereocenters. The van der Waals surface area contributed by atoms with Crippen LogP contribution >= 0.6 is 23.1 Å². The third-order valence-corrected chi connectivity index (χ3v) is 6.31. The Balaban J connectivity index is 1.59. The summed E-state index contributed by atoms with van der Waals surface area (Å²) < 4.78 is 0. The van der Waals surface area contributed by atoms with Crippen LogP contribution < -0.4 is 5.32 Å². The van der Waals surface area contributed by atoms with Gasteiger partial charge in [0.05, 0.1) is 6.10 Å². The van der Waals surface area contributed by atoms with E-state index in [2.05, 4.69) is 16.8 Å². The Morgan fingerprint density at radius 3 is 3.16 bits per heavy atom. The highest BCUT2D eigenvalue weighted by Gasteiger charge is 2.30. The van der Waals surface area contributed by atoms with Gasteiger partial charge in [-0.05, 0) is 42.0 Å². The molecule has 2 heterocycles. The van der Waals surface area contributed by atoms with Crippen LogP contribution in [-0.2, 0) is 11.2 Å². The van der Waals surface area contributed by atoms with E-state index in [0.717, 1.165) is 31.4 Å². The van der Waals surface area contributed by atoms with Crippen LogP contribution in [0.25, 0.3) is 0 Å². The van der Waals surface area contributed by atoms with Crippen LogP contribution in [0.1, 0.15) is 35.0 Å². The van der Waals surface area contributed by atoms with Crippen molar-refractivity contribution in [1.82, 2.24) is 5.32 Å². The summed E-state index contributed by atoms with van der Waals surface area (Å²) in [6, 6.07) is 2.08. The molecule has 2 N–H and O–H groups in total. The maximum absolute atomic E-state index is 12.3. The summed E-state index contributed by atoms with van der Waals surface area (Å²) in [6.07, 6.45) is 3.85. The van der Waals surface area contributed by atoms with Gasteiger partial charge in [0.25, 0.3) is 0 Å². The maximum Gasteiger partial charge on any atom is 0.237 e. The van der Waals surface area contributed by atoms with Crippen LogP contribution in [0, 0.1) is 5.92 Å². The molecule has 1 fully saturated rings. The van der Waals surface area contributed by atoms with E-state index in [9.17, 15) is 9.90 Å². The van der Waals surface area contributed by atoms with Gasteiger partial charge < -0.3 is 10.4 Å². The van der Waals surface area contributed by atoms with Gasteiger partial charge in [-0.3, -0.25) is 4.79 Å². The zero-order valence-corrected chi connectivity index (χ0v) is 12.4. The Kier molecular flexibility index (Phi) is 4.15. The van der Waals surface area contributed by atoms with Crippen molar-refractivity contribution in [3.8, 4) is 0 Å². The number of thioether (sulfide) groups is 1. The minimum Gasteiger partial charge on any atom is -0.393 e. The zero-order valence-electron chi connectivity index (χ0n) is 10.8. The lowest BCUT2D eigenvalue weighted by Gasteiger charge is -2.23. The maximum atomic E-state index is 12.3. The average molecular weight is 297 g/mol. The molecule has 5 heteroatoms. The second kappa shape index (κ2) is 5.85. The SMILES string of the molecule is O=C(NCC1CCCC1O)C1SCCc2sccc21. The third-order valence-electron chi connectivity index (χ3n) is 4.07. The minimum absolute atomic E-state index is 0.0476. The number of nitrogens with one attached hydrogen (secondary N) is 1. The minimum atomic E-state index is -0.226. The van der Waals surface area contributed by atoms with Gasteiger partial charge >= 0.3 is 0 Å². The Hall–Kier alpha value is -0.520. The number of aliphatic hydroxyl groups excluding tert-OH is 1. The van der Waals surface area contributed by atoms with Crippen molar-refractivity contribution in [2.75, 3.05) is 12.3 Å². The number of fused-ring (bicyclic) bond motifs is 1. The molecule has 104 valence electrons. The van der Waals surface area contributed by atoms with Crippen molar-refractivity contribution in [1.29, 1.82) is 0 Å². The predicted octanol–water partition coefficient (Wildman–Crippen LogP) is 2.36. The van der Waals surface area contributed by atoms with Gasteiger partial charge in [0.15, 0.2) is 0 Å². The number of amides is 1. The van der Waals surface area contributed by atoms with E-state index in [1.165, 1.54) is 10.4 Å². The quantitative estimate of drug-likeness (QED) is 0.900. The van der Waals surface area contributed by atoms with E-state index in [0.29, 0.717) is 6.54 Å². The molecular formula is C14H19NO2S2. The molecule has 3 nitrogen and oxygen atoms in total. The molecule has 19 heavy (non-hydrogen) atoms. The molecule has 0 spiro atoms. The van der Waals surface area contributed by atoms with Gasteiger partial charge in [-0.1, -0.05) is 6.42 Å². The molecule has 1 aromatic rings. The highest BCUT2D eigenvalue weighted by atomic mass is 32.2. The standard InChI is InChI=1S/C14H19NO2S2/c16-11-3-1-2-9(11)8-15-14(17)13-10-4-6-18-12(10)5-7-19-13/h4,6,9,11,13,16H,1-3,5,7-8H2,(H,15,17). The fraction of sp³-hybridized carbons (Fsp3) is 0.643. The Morgan fingerprint density at radius 2 is 2.37 bits per heavy atom. The number of aryl methyl sites for hydroxylation is 1. The first-order chi connectivity index (χ1) is 9.25. The Morgan fingerprint density at radius 1 is 1.47 bits per heavy atom. The smallest absolute Gasteiger partial charge is 0.237 e. The molecule has 3 atom stereocenters. The molecule has 1 aliphatic carbocycles. The number of thiophene rings is 1. The molecule has 1 aliphatic heterocycles. The second-order valence-corrected chi connectivity index (χ2v) is 7.52. The van der Waals surface area contributed by atoms with E-state index in [1.807, 2.05) is 0 Å². The second-order valence-electron chi connectivity index (χ2n) is 5.30. The summed E-state index contributed by atoms with van der Waals surface area (Å²) in [4.78, 5) is 13.7. The molecule has 0 bridgehead atoms. The molecule has 3 rings (SSSR count). The van der Waals surface area contributed by atoms with E-state index in [-0.39, 0.29) is 23.2 Å². The number of aliphatic hydroxyl groups is 1. The Bertz CT molecular complexity index is 460. The fourth-order valence-corrected chi connectivity index (χ4v) is 5.26. The molecule has 1 amide bonds. The lowest BCUT2D eigenvalue weighted by Crippen LogP contribution is -2.35. The monoisotopic (exact) mass is 297 g/mol. The fourth-order valence-electron chi connectivity index (χ4n) is 2.94. The van der Waals surface area contributed by atoms with Crippen LogP contribution in [-0.4, -0.2) is 29.4 Å². The van der Waals surface area contributed by atoms with Crippen LogP contribution in [0.15, 0.2) is 11.4 Å². The summed E-state index contributed by atoms with van der Waals surface area (Å²) >= 11 is 3.49. The topological polar surface area (TPSA) is 49.3 Å². The van der Waals surface area contributed by atoms with Crippen molar-refractivity contribution in [3.63, 3.8) is 0 Å².